The number of benzene rings is 3. The molecule has 1 heterocycles. The van der Waals surface area contributed by atoms with Crippen molar-refractivity contribution >= 4 is 17.5 Å². The summed E-state index contributed by atoms with van der Waals surface area (Å²) in [7, 11) is 0. The van der Waals surface area contributed by atoms with E-state index in [0.29, 0.717) is 0 Å². The molecule has 3 aromatic carbocycles. The van der Waals surface area contributed by atoms with Gasteiger partial charge in [0.15, 0.2) is 0 Å². The Kier molecular flexibility index (Phi) is 6.83. The van der Waals surface area contributed by atoms with Gasteiger partial charge in [0.2, 0.25) is 5.91 Å². The van der Waals surface area contributed by atoms with Crippen LogP contribution < -0.4 is 5.32 Å². The van der Waals surface area contributed by atoms with Gasteiger partial charge in [0, 0.05) is 18.1 Å². The standard InChI is InChI=1S/C26H27ClN2O/c27-24-15-7-9-20(17-24)18-29-16-8-14-23(19-29)26(30)28-25(21-10-3-1-4-11-21)22-12-5-2-6-13-22/h1-7,9-13,15,17,23,25H,8,14,16,18-19H2,(H,28,30). The fraction of sp³-hybridized carbons (Fsp3) is 0.269. The van der Waals surface area contributed by atoms with Crippen molar-refractivity contribution in [2.24, 2.45) is 5.92 Å². The number of carbonyl (C=O) groups is 1. The number of nitrogens with zero attached hydrogens (tertiary/aromatic N) is 1. The fourth-order valence-electron chi connectivity index (χ4n) is 4.22. The Bertz CT molecular complexity index is 922. The van der Waals surface area contributed by atoms with Gasteiger partial charge >= 0.3 is 0 Å². The SMILES string of the molecule is O=C(NC(c1ccccc1)c1ccccc1)C1CCCN(Cc2cccc(Cl)c2)C1. The molecule has 1 N–H and O–H groups in total. The second-order valence-electron chi connectivity index (χ2n) is 7.97. The van der Waals surface area contributed by atoms with Crippen LogP contribution in [0, 0.1) is 5.92 Å². The monoisotopic (exact) mass is 418 g/mol. The van der Waals surface area contributed by atoms with E-state index >= 15 is 0 Å². The van der Waals surface area contributed by atoms with Crippen LogP contribution in [0.2, 0.25) is 5.02 Å². The molecular formula is C26H27ClN2O. The zero-order valence-electron chi connectivity index (χ0n) is 17.0. The average molecular weight is 419 g/mol. The predicted octanol–water partition coefficient (Wildman–Crippen LogP) is 5.46. The van der Waals surface area contributed by atoms with E-state index in [4.69, 9.17) is 11.6 Å². The normalized spacial score (nSPS) is 17.1. The molecule has 0 radical (unpaired) electrons. The number of nitrogens with one attached hydrogen (secondary N) is 1. The quantitative estimate of drug-likeness (QED) is 0.576. The lowest BCUT2D eigenvalue weighted by atomic mass is 9.94. The smallest absolute Gasteiger partial charge is 0.225 e. The molecule has 1 atom stereocenters. The summed E-state index contributed by atoms with van der Waals surface area (Å²) < 4.78 is 0. The van der Waals surface area contributed by atoms with Gasteiger partial charge in [0.25, 0.3) is 0 Å². The number of rotatable bonds is 6. The molecule has 1 unspecified atom stereocenters. The first kappa shape index (κ1) is 20.6. The van der Waals surface area contributed by atoms with Crippen molar-refractivity contribution in [3.05, 3.63) is 107 Å². The summed E-state index contributed by atoms with van der Waals surface area (Å²) in [6, 6.07) is 28.2. The Balaban J connectivity index is 1.45. The molecule has 154 valence electrons. The van der Waals surface area contributed by atoms with Gasteiger partial charge in [-0.15, -0.1) is 0 Å². The number of carbonyl (C=O) groups excluding carboxylic acids is 1. The Morgan fingerprint density at radius 2 is 1.63 bits per heavy atom. The van der Waals surface area contributed by atoms with E-state index in [1.807, 2.05) is 54.6 Å². The molecule has 3 nitrogen and oxygen atoms in total. The number of halogens is 1. The van der Waals surface area contributed by atoms with Gasteiger partial charge in [-0.05, 0) is 48.2 Å². The molecule has 30 heavy (non-hydrogen) atoms. The maximum Gasteiger partial charge on any atom is 0.225 e. The van der Waals surface area contributed by atoms with Crippen LogP contribution in [0.25, 0.3) is 0 Å². The maximum atomic E-state index is 13.2. The van der Waals surface area contributed by atoms with Gasteiger partial charge in [-0.1, -0.05) is 84.4 Å². The van der Waals surface area contributed by atoms with Crippen LogP contribution in [-0.2, 0) is 11.3 Å². The van der Waals surface area contributed by atoms with Crippen LogP contribution in [0.15, 0.2) is 84.9 Å². The Morgan fingerprint density at radius 1 is 0.967 bits per heavy atom. The molecule has 0 bridgehead atoms. The van der Waals surface area contributed by atoms with E-state index in [0.717, 1.165) is 48.6 Å². The minimum absolute atomic E-state index is 0.00661. The third-order valence-corrected chi connectivity index (χ3v) is 5.96. The Labute approximate surface area is 183 Å². The third kappa shape index (κ3) is 5.29. The van der Waals surface area contributed by atoms with Gasteiger partial charge in [-0.3, -0.25) is 9.69 Å². The van der Waals surface area contributed by atoms with Crippen LogP contribution in [0.4, 0.5) is 0 Å². The van der Waals surface area contributed by atoms with E-state index < -0.39 is 0 Å². The molecule has 0 aromatic heterocycles. The summed E-state index contributed by atoms with van der Waals surface area (Å²) in [5.74, 6) is 0.122. The molecule has 1 aliphatic heterocycles. The molecule has 0 saturated carbocycles. The summed E-state index contributed by atoms with van der Waals surface area (Å²) in [6.45, 7) is 2.61. The lowest BCUT2D eigenvalue weighted by Crippen LogP contribution is -2.43. The van der Waals surface area contributed by atoms with Crippen LogP contribution in [0.3, 0.4) is 0 Å². The number of likely N-dealkylation sites (tertiary alicyclic amines) is 1. The van der Waals surface area contributed by atoms with Gasteiger partial charge in [0.1, 0.15) is 0 Å². The van der Waals surface area contributed by atoms with Crippen LogP contribution in [-0.4, -0.2) is 23.9 Å². The van der Waals surface area contributed by atoms with Crippen LogP contribution in [0.1, 0.15) is 35.6 Å². The van der Waals surface area contributed by atoms with E-state index in [2.05, 4.69) is 40.5 Å². The maximum absolute atomic E-state index is 13.2. The second-order valence-corrected chi connectivity index (χ2v) is 8.40. The Hall–Kier alpha value is -2.62. The van der Waals surface area contributed by atoms with Crippen LogP contribution >= 0.6 is 11.6 Å². The van der Waals surface area contributed by atoms with E-state index in [-0.39, 0.29) is 17.9 Å². The minimum Gasteiger partial charge on any atom is -0.345 e. The molecule has 1 fully saturated rings. The number of hydrogen-bond donors (Lipinski definition) is 1. The first-order chi connectivity index (χ1) is 14.7. The molecule has 3 aromatic rings. The van der Waals surface area contributed by atoms with Crippen LogP contribution in [0.5, 0.6) is 0 Å². The highest BCUT2D eigenvalue weighted by atomic mass is 35.5. The highest BCUT2D eigenvalue weighted by Crippen LogP contribution is 2.25. The van der Waals surface area contributed by atoms with Crippen molar-refractivity contribution in [2.45, 2.75) is 25.4 Å². The minimum atomic E-state index is -0.136. The fourth-order valence-corrected chi connectivity index (χ4v) is 4.43. The first-order valence-electron chi connectivity index (χ1n) is 10.6. The molecule has 1 aliphatic rings. The van der Waals surface area contributed by atoms with E-state index in [9.17, 15) is 4.79 Å². The van der Waals surface area contributed by atoms with Crippen molar-refractivity contribution in [1.29, 1.82) is 0 Å². The average Bonchev–Trinajstić information content (AvgIpc) is 2.79. The molecule has 0 spiro atoms. The number of piperidine rings is 1. The number of hydrogen-bond acceptors (Lipinski definition) is 2. The summed E-state index contributed by atoms with van der Waals surface area (Å²) >= 11 is 6.13. The molecule has 1 amide bonds. The van der Waals surface area contributed by atoms with E-state index in [1.54, 1.807) is 0 Å². The van der Waals surface area contributed by atoms with Crippen molar-refractivity contribution in [3.63, 3.8) is 0 Å². The van der Waals surface area contributed by atoms with E-state index in [1.165, 1.54) is 5.56 Å². The van der Waals surface area contributed by atoms with Crippen molar-refractivity contribution in [3.8, 4) is 0 Å². The van der Waals surface area contributed by atoms with Gasteiger partial charge in [-0.25, -0.2) is 0 Å². The predicted molar refractivity (Wildman–Crippen MR) is 122 cm³/mol. The lowest BCUT2D eigenvalue weighted by molar-refractivity contribution is -0.127. The topological polar surface area (TPSA) is 32.3 Å². The highest BCUT2D eigenvalue weighted by molar-refractivity contribution is 6.30. The molecule has 0 aliphatic carbocycles. The second kappa shape index (κ2) is 9.92. The summed E-state index contributed by atoms with van der Waals surface area (Å²) in [5, 5.41) is 4.08. The Morgan fingerprint density at radius 3 is 2.27 bits per heavy atom. The van der Waals surface area contributed by atoms with Gasteiger partial charge in [0.05, 0.1) is 12.0 Å². The highest BCUT2D eigenvalue weighted by Gasteiger charge is 2.28. The van der Waals surface area contributed by atoms with Crippen molar-refractivity contribution < 1.29 is 4.79 Å². The summed E-state index contributed by atoms with van der Waals surface area (Å²) in [5.41, 5.74) is 3.39. The largest absolute Gasteiger partial charge is 0.345 e. The molecular weight excluding hydrogens is 392 g/mol. The summed E-state index contributed by atoms with van der Waals surface area (Å²) in [6.07, 6.45) is 1.95. The zero-order chi connectivity index (χ0) is 20.8. The number of amides is 1. The van der Waals surface area contributed by atoms with Gasteiger partial charge < -0.3 is 5.32 Å². The third-order valence-electron chi connectivity index (χ3n) is 5.72. The van der Waals surface area contributed by atoms with Crippen molar-refractivity contribution in [1.82, 2.24) is 10.2 Å². The van der Waals surface area contributed by atoms with Gasteiger partial charge in [-0.2, -0.15) is 0 Å². The zero-order valence-corrected chi connectivity index (χ0v) is 17.8. The molecule has 1 saturated heterocycles. The summed E-state index contributed by atoms with van der Waals surface area (Å²) in [4.78, 5) is 15.6. The molecule has 4 heteroatoms. The lowest BCUT2D eigenvalue weighted by Gasteiger charge is -2.33. The first-order valence-corrected chi connectivity index (χ1v) is 10.9. The molecule has 4 rings (SSSR count). The van der Waals surface area contributed by atoms with Crippen molar-refractivity contribution in [2.75, 3.05) is 13.1 Å².